The van der Waals surface area contributed by atoms with Crippen LogP contribution in [0.4, 0.5) is 0 Å². The van der Waals surface area contributed by atoms with Gasteiger partial charge in [-0.25, -0.2) is 4.79 Å². The number of methoxy groups -OCH3 is 1. The first kappa shape index (κ1) is 14.7. The van der Waals surface area contributed by atoms with E-state index in [-0.39, 0.29) is 5.56 Å². The highest BCUT2D eigenvalue weighted by Gasteiger charge is 2.07. The first-order valence-electron chi connectivity index (χ1n) is 6.43. The van der Waals surface area contributed by atoms with Gasteiger partial charge in [-0.1, -0.05) is 30.3 Å². The third-order valence-electron chi connectivity index (χ3n) is 2.82. The van der Waals surface area contributed by atoms with Crippen LogP contribution in [-0.2, 0) is 11.3 Å². The summed E-state index contributed by atoms with van der Waals surface area (Å²) in [7, 11) is 1.53. The lowest BCUT2D eigenvalue weighted by Gasteiger charge is -2.08. The Hall–Kier alpha value is -2.75. The van der Waals surface area contributed by atoms with Crippen molar-refractivity contribution in [2.24, 2.45) is 0 Å². The molecule has 0 bridgehead atoms. The Balaban J connectivity index is 2.19. The topological polar surface area (TPSA) is 55.8 Å². The lowest BCUT2D eigenvalue weighted by atomic mass is 10.1. The number of carboxylic acid groups (broad SMARTS) is 1. The number of aromatic carboxylic acids is 1. The first-order chi connectivity index (χ1) is 10.2. The van der Waals surface area contributed by atoms with Crippen molar-refractivity contribution in [2.75, 3.05) is 7.11 Å². The summed E-state index contributed by atoms with van der Waals surface area (Å²) in [5, 5.41) is 9.13. The summed E-state index contributed by atoms with van der Waals surface area (Å²) in [5.41, 5.74) is 1.91. The highest BCUT2D eigenvalue weighted by atomic mass is 16.5. The average Bonchev–Trinajstić information content (AvgIpc) is 2.51. The van der Waals surface area contributed by atoms with Crippen molar-refractivity contribution in [3.63, 3.8) is 0 Å². The van der Waals surface area contributed by atoms with Crippen molar-refractivity contribution in [1.29, 1.82) is 0 Å². The average molecular weight is 284 g/mol. The normalized spacial score (nSPS) is 10.5. The highest BCUT2D eigenvalue weighted by Crippen LogP contribution is 2.20. The van der Waals surface area contributed by atoms with E-state index in [9.17, 15) is 4.79 Å². The molecule has 21 heavy (non-hydrogen) atoms. The van der Waals surface area contributed by atoms with Gasteiger partial charge in [0.15, 0.2) is 0 Å². The second-order valence-electron chi connectivity index (χ2n) is 4.41. The van der Waals surface area contributed by atoms with E-state index in [2.05, 4.69) is 0 Å². The van der Waals surface area contributed by atoms with E-state index < -0.39 is 5.97 Å². The molecule has 0 aromatic heterocycles. The predicted molar refractivity (Wildman–Crippen MR) is 80.2 cm³/mol. The van der Waals surface area contributed by atoms with E-state index in [0.29, 0.717) is 17.9 Å². The number of benzene rings is 2. The van der Waals surface area contributed by atoms with Gasteiger partial charge in [-0.05, 0) is 35.4 Å². The lowest BCUT2D eigenvalue weighted by molar-refractivity contribution is 0.0696. The zero-order valence-corrected chi connectivity index (χ0v) is 11.7. The number of carbonyl (C=O) groups is 1. The minimum Gasteiger partial charge on any atom is -0.504 e. The van der Waals surface area contributed by atoms with Crippen molar-refractivity contribution in [3.05, 3.63) is 71.5 Å². The van der Waals surface area contributed by atoms with Gasteiger partial charge >= 0.3 is 5.97 Å². The quantitative estimate of drug-likeness (QED) is 0.824. The van der Waals surface area contributed by atoms with Crippen LogP contribution in [0.5, 0.6) is 5.75 Å². The van der Waals surface area contributed by atoms with Gasteiger partial charge in [-0.15, -0.1) is 0 Å². The molecule has 0 atom stereocenters. The molecule has 1 N–H and O–H groups in total. The van der Waals surface area contributed by atoms with Gasteiger partial charge in [0, 0.05) is 0 Å². The van der Waals surface area contributed by atoms with Crippen LogP contribution in [0, 0.1) is 0 Å². The van der Waals surface area contributed by atoms with E-state index in [4.69, 9.17) is 14.6 Å². The Morgan fingerprint density at radius 2 is 1.95 bits per heavy atom. The maximum absolute atomic E-state index is 11.1. The smallest absolute Gasteiger partial charge is 0.335 e. The second kappa shape index (κ2) is 7.14. The van der Waals surface area contributed by atoms with Crippen molar-refractivity contribution < 1.29 is 19.4 Å². The molecule has 0 aliphatic carbocycles. The van der Waals surface area contributed by atoms with Crippen LogP contribution in [0.3, 0.4) is 0 Å². The SMILES string of the molecule is COC=Cc1cc(OCc2ccccc2)cc(C(=O)O)c1. The standard InChI is InChI=1S/C17H16O4/c1-20-8-7-14-9-15(17(18)19)11-16(10-14)21-12-13-5-3-2-4-6-13/h2-11H,12H2,1H3,(H,18,19). The van der Waals surface area contributed by atoms with Crippen LogP contribution < -0.4 is 4.74 Å². The first-order valence-corrected chi connectivity index (χ1v) is 6.43. The van der Waals surface area contributed by atoms with Crippen LogP contribution in [0.15, 0.2) is 54.8 Å². The third-order valence-corrected chi connectivity index (χ3v) is 2.82. The molecular formula is C17H16O4. The molecule has 0 radical (unpaired) electrons. The van der Waals surface area contributed by atoms with E-state index in [1.165, 1.54) is 19.4 Å². The Bertz CT molecular complexity index is 632. The minimum absolute atomic E-state index is 0.177. The van der Waals surface area contributed by atoms with Gasteiger partial charge in [0.2, 0.25) is 0 Å². The molecule has 0 amide bonds. The van der Waals surface area contributed by atoms with Crippen molar-refractivity contribution in [2.45, 2.75) is 6.61 Å². The fourth-order valence-electron chi connectivity index (χ4n) is 1.81. The second-order valence-corrected chi connectivity index (χ2v) is 4.41. The molecule has 0 spiro atoms. The van der Waals surface area contributed by atoms with Gasteiger partial charge in [0.05, 0.1) is 18.9 Å². The summed E-state index contributed by atoms with van der Waals surface area (Å²) in [6.07, 6.45) is 3.17. The zero-order chi connectivity index (χ0) is 15.1. The predicted octanol–water partition coefficient (Wildman–Crippen LogP) is 3.58. The summed E-state index contributed by atoms with van der Waals surface area (Å²) < 4.78 is 10.5. The highest BCUT2D eigenvalue weighted by molar-refractivity contribution is 5.89. The number of hydrogen-bond acceptors (Lipinski definition) is 3. The maximum Gasteiger partial charge on any atom is 0.335 e. The molecule has 2 rings (SSSR count). The number of hydrogen-bond donors (Lipinski definition) is 1. The van der Waals surface area contributed by atoms with Crippen LogP contribution >= 0.6 is 0 Å². The van der Waals surface area contributed by atoms with Gasteiger partial charge in [-0.2, -0.15) is 0 Å². The zero-order valence-electron chi connectivity index (χ0n) is 11.7. The number of ether oxygens (including phenoxy) is 2. The fraction of sp³-hybridized carbons (Fsp3) is 0.118. The maximum atomic E-state index is 11.1. The summed E-state index contributed by atoms with van der Waals surface area (Å²) in [5.74, 6) is -0.485. The van der Waals surface area contributed by atoms with E-state index in [0.717, 1.165) is 5.56 Å². The molecule has 0 saturated carbocycles. The molecule has 0 unspecified atom stereocenters. The molecular weight excluding hydrogens is 268 g/mol. The Morgan fingerprint density at radius 3 is 2.62 bits per heavy atom. The summed E-state index contributed by atoms with van der Waals surface area (Å²) in [6.45, 7) is 0.386. The van der Waals surface area contributed by atoms with Crippen LogP contribution in [0.1, 0.15) is 21.5 Å². The molecule has 0 aliphatic rings. The molecule has 4 nitrogen and oxygen atoms in total. The van der Waals surface area contributed by atoms with E-state index in [1.807, 2.05) is 30.3 Å². The summed E-state index contributed by atoms with van der Waals surface area (Å²) in [4.78, 5) is 11.1. The van der Waals surface area contributed by atoms with Crippen molar-refractivity contribution >= 4 is 12.0 Å². The van der Waals surface area contributed by atoms with Gasteiger partial charge in [0.25, 0.3) is 0 Å². The Kier molecular flexibility index (Phi) is 4.99. The Morgan fingerprint density at radius 1 is 1.19 bits per heavy atom. The van der Waals surface area contributed by atoms with Crippen LogP contribution in [-0.4, -0.2) is 18.2 Å². The van der Waals surface area contributed by atoms with Crippen molar-refractivity contribution in [3.8, 4) is 5.75 Å². The van der Waals surface area contributed by atoms with Gasteiger partial charge in [0.1, 0.15) is 12.4 Å². The number of rotatable bonds is 6. The monoisotopic (exact) mass is 284 g/mol. The molecule has 0 fully saturated rings. The minimum atomic E-state index is -0.993. The van der Waals surface area contributed by atoms with Crippen molar-refractivity contribution in [1.82, 2.24) is 0 Å². The van der Waals surface area contributed by atoms with Crippen LogP contribution in [0.25, 0.3) is 6.08 Å². The van der Waals surface area contributed by atoms with Gasteiger partial charge < -0.3 is 14.6 Å². The molecule has 4 heteroatoms. The molecule has 0 aliphatic heterocycles. The van der Waals surface area contributed by atoms with Crippen LogP contribution in [0.2, 0.25) is 0 Å². The van der Waals surface area contributed by atoms with E-state index in [1.54, 1.807) is 18.2 Å². The lowest BCUT2D eigenvalue weighted by Crippen LogP contribution is -2.00. The summed E-state index contributed by atoms with van der Waals surface area (Å²) >= 11 is 0. The van der Waals surface area contributed by atoms with E-state index >= 15 is 0 Å². The molecule has 0 heterocycles. The Labute approximate surface area is 123 Å². The van der Waals surface area contributed by atoms with Gasteiger partial charge in [-0.3, -0.25) is 0 Å². The summed E-state index contributed by atoms with van der Waals surface area (Å²) in [6, 6.07) is 14.5. The molecule has 2 aromatic rings. The molecule has 2 aromatic carbocycles. The largest absolute Gasteiger partial charge is 0.504 e. The number of carboxylic acids is 1. The molecule has 0 saturated heterocycles. The molecule has 108 valence electrons. The fourth-order valence-corrected chi connectivity index (χ4v) is 1.81. The third kappa shape index (κ3) is 4.38.